The highest BCUT2D eigenvalue weighted by Crippen LogP contribution is 2.24. The normalized spacial score (nSPS) is 17.8. The molecule has 2 N–H and O–H groups in total. The van der Waals surface area contributed by atoms with Gasteiger partial charge in [0.1, 0.15) is 13.2 Å². The molecule has 13 heteroatoms. The first kappa shape index (κ1) is 26.3. The molecule has 0 aliphatic carbocycles. The van der Waals surface area contributed by atoms with Gasteiger partial charge in [-0.25, -0.2) is 9.59 Å². The number of benzene rings is 2. The Kier molecular flexibility index (Phi) is 8.73. The number of hydrogen-bond acceptors (Lipinski definition) is 9. The molecule has 13 nitrogen and oxygen atoms in total. The summed E-state index contributed by atoms with van der Waals surface area (Å²) in [6.07, 6.45) is -1.73. The van der Waals surface area contributed by atoms with Crippen LogP contribution in [0, 0.1) is 20.2 Å². The monoisotopic (exact) mass is 502 g/mol. The summed E-state index contributed by atoms with van der Waals surface area (Å²) in [6, 6.07) is 10.3. The van der Waals surface area contributed by atoms with Gasteiger partial charge in [-0.1, -0.05) is 19.1 Å². The molecule has 0 aromatic heterocycles. The van der Waals surface area contributed by atoms with E-state index in [1.807, 2.05) is 0 Å². The number of hydrogen-bond donors (Lipinski definition) is 2. The Morgan fingerprint density at radius 1 is 1.08 bits per heavy atom. The molecular weight excluding hydrogens is 476 g/mol. The van der Waals surface area contributed by atoms with Crippen molar-refractivity contribution >= 4 is 23.6 Å². The fourth-order valence-electron chi connectivity index (χ4n) is 3.99. The van der Waals surface area contributed by atoms with Gasteiger partial charge in [0, 0.05) is 18.2 Å². The Morgan fingerprint density at radius 2 is 1.78 bits per heavy atom. The molecule has 3 atom stereocenters. The molecule has 0 saturated carbocycles. The number of nitrogens with zero attached hydrogens (tertiary/aromatic N) is 3. The van der Waals surface area contributed by atoms with E-state index in [1.165, 1.54) is 47.4 Å². The number of para-hydroxylation sites is 1. The number of ether oxygens (including phenoxy) is 2. The molecular formula is C23H26N4O9. The van der Waals surface area contributed by atoms with E-state index in [9.17, 15) is 34.9 Å². The highest BCUT2D eigenvalue weighted by atomic mass is 16.6. The molecule has 2 aromatic rings. The molecule has 1 aliphatic heterocycles. The van der Waals surface area contributed by atoms with Crippen LogP contribution in [0.25, 0.3) is 0 Å². The molecule has 192 valence electrons. The molecule has 1 fully saturated rings. The maximum Gasteiger partial charge on any atom is 0.410 e. The third-order valence-electron chi connectivity index (χ3n) is 5.82. The van der Waals surface area contributed by atoms with Crippen LogP contribution in [0.1, 0.15) is 30.9 Å². The molecule has 1 heterocycles. The summed E-state index contributed by atoms with van der Waals surface area (Å²) < 4.78 is 10.5. The minimum absolute atomic E-state index is 0.00714. The minimum atomic E-state index is -0.819. The number of aliphatic hydroxyl groups excluding tert-OH is 1. The molecule has 36 heavy (non-hydrogen) atoms. The van der Waals surface area contributed by atoms with Crippen LogP contribution in [0.15, 0.2) is 48.5 Å². The number of nitro groups is 2. The molecule has 0 bridgehead atoms. The summed E-state index contributed by atoms with van der Waals surface area (Å²) in [5, 5.41) is 34.7. The zero-order chi connectivity index (χ0) is 26.2. The first-order chi connectivity index (χ1) is 17.2. The number of nitro benzene ring substituents is 2. The SMILES string of the molecule is CCC(NC(=O)OCc1ccccc1[N+](=O)[O-])C1CC(O)CN1C(=O)OCc1ccc([N+](=O)[O-])cc1. The topological polar surface area (TPSA) is 174 Å². The quantitative estimate of drug-likeness (QED) is 0.385. The van der Waals surface area contributed by atoms with E-state index < -0.39 is 40.2 Å². The minimum Gasteiger partial charge on any atom is -0.445 e. The van der Waals surface area contributed by atoms with Gasteiger partial charge >= 0.3 is 12.2 Å². The van der Waals surface area contributed by atoms with Crippen molar-refractivity contribution in [2.45, 2.75) is 51.2 Å². The zero-order valence-corrected chi connectivity index (χ0v) is 19.4. The van der Waals surface area contributed by atoms with Gasteiger partial charge in [0.15, 0.2) is 0 Å². The van der Waals surface area contributed by atoms with Crippen molar-refractivity contribution in [2.24, 2.45) is 0 Å². The van der Waals surface area contributed by atoms with Crippen LogP contribution < -0.4 is 5.32 Å². The fourth-order valence-corrected chi connectivity index (χ4v) is 3.99. The maximum atomic E-state index is 12.7. The van der Waals surface area contributed by atoms with Crippen LogP contribution >= 0.6 is 0 Å². The lowest BCUT2D eigenvalue weighted by Crippen LogP contribution is -2.50. The van der Waals surface area contributed by atoms with Gasteiger partial charge in [-0.2, -0.15) is 0 Å². The van der Waals surface area contributed by atoms with Crippen molar-refractivity contribution in [3.8, 4) is 0 Å². The van der Waals surface area contributed by atoms with Crippen LogP contribution in [0.3, 0.4) is 0 Å². The van der Waals surface area contributed by atoms with Crippen molar-refractivity contribution in [3.63, 3.8) is 0 Å². The van der Waals surface area contributed by atoms with Crippen molar-refractivity contribution in [3.05, 3.63) is 79.9 Å². The number of rotatable bonds is 9. The van der Waals surface area contributed by atoms with Crippen LogP contribution in [-0.2, 0) is 22.7 Å². The lowest BCUT2D eigenvalue weighted by Gasteiger charge is -2.30. The van der Waals surface area contributed by atoms with Crippen LogP contribution in [0.5, 0.6) is 0 Å². The average Bonchev–Trinajstić information content (AvgIpc) is 3.26. The van der Waals surface area contributed by atoms with E-state index in [2.05, 4.69) is 5.32 Å². The molecule has 1 saturated heterocycles. The van der Waals surface area contributed by atoms with Gasteiger partial charge in [0.25, 0.3) is 11.4 Å². The molecule has 3 rings (SSSR count). The Balaban J connectivity index is 1.58. The number of non-ortho nitro benzene ring substituents is 1. The van der Waals surface area contributed by atoms with E-state index in [4.69, 9.17) is 9.47 Å². The van der Waals surface area contributed by atoms with E-state index in [-0.39, 0.29) is 43.1 Å². The van der Waals surface area contributed by atoms with Crippen molar-refractivity contribution < 1.29 is 34.0 Å². The van der Waals surface area contributed by atoms with Gasteiger partial charge in [0.2, 0.25) is 0 Å². The van der Waals surface area contributed by atoms with Gasteiger partial charge in [-0.05, 0) is 36.6 Å². The standard InChI is InChI=1S/C23H26N4O9/c1-2-19(24-22(29)35-14-16-5-3-4-6-20(16)27(33)34)21-11-18(28)12-25(21)23(30)36-13-15-7-9-17(10-8-15)26(31)32/h3-10,18-19,21,28H,2,11-14H2,1H3,(H,24,29). The van der Waals surface area contributed by atoms with Crippen LogP contribution in [-0.4, -0.2) is 56.8 Å². The molecule has 2 amide bonds. The summed E-state index contributed by atoms with van der Waals surface area (Å²) in [5.74, 6) is 0. The Morgan fingerprint density at radius 3 is 2.42 bits per heavy atom. The second-order valence-corrected chi connectivity index (χ2v) is 8.21. The van der Waals surface area contributed by atoms with Crippen molar-refractivity contribution in [1.29, 1.82) is 0 Å². The summed E-state index contributed by atoms with van der Waals surface area (Å²) >= 11 is 0. The van der Waals surface area contributed by atoms with E-state index in [0.29, 0.717) is 12.0 Å². The summed E-state index contributed by atoms with van der Waals surface area (Å²) in [5.41, 5.74) is 0.532. The fraction of sp³-hybridized carbons (Fsp3) is 0.391. The van der Waals surface area contributed by atoms with E-state index in [0.717, 1.165) is 0 Å². The van der Waals surface area contributed by atoms with Gasteiger partial charge < -0.3 is 24.8 Å². The number of β-amino-alcohol motifs (C(OH)–C–C–N with tert-alkyl or cyclic N) is 1. The smallest absolute Gasteiger partial charge is 0.410 e. The Hall–Kier alpha value is -4.26. The third-order valence-corrected chi connectivity index (χ3v) is 5.82. The Bertz CT molecular complexity index is 1110. The molecule has 0 spiro atoms. The number of amides is 2. The van der Waals surface area contributed by atoms with E-state index in [1.54, 1.807) is 13.0 Å². The van der Waals surface area contributed by atoms with Gasteiger partial charge in [-0.15, -0.1) is 0 Å². The number of alkyl carbamates (subject to hydrolysis) is 1. The number of carbonyl (C=O) groups excluding carboxylic acids is 2. The molecule has 0 radical (unpaired) electrons. The lowest BCUT2D eigenvalue weighted by molar-refractivity contribution is -0.385. The predicted octanol–water partition coefficient (Wildman–Crippen LogP) is 3.28. The lowest BCUT2D eigenvalue weighted by atomic mass is 10.0. The van der Waals surface area contributed by atoms with E-state index >= 15 is 0 Å². The zero-order valence-electron chi connectivity index (χ0n) is 19.4. The number of likely N-dealkylation sites (tertiary alicyclic amines) is 1. The van der Waals surface area contributed by atoms with Crippen LogP contribution in [0.2, 0.25) is 0 Å². The number of nitrogens with one attached hydrogen (secondary N) is 1. The summed E-state index contributed by atoms with van der Waals surface area (Å²) in [7, 11) is 0. The van der Waals surface area contributed by atoms with Crippen LogP contribution in [0.4, 0.5) is 21.0 Å². The van der Waals surface area contributed by atoms with Gasteiger partial charge in [-0.3, -0.25) is 20.2 Å². The van der Waals surface area contributed by atoms with Crippen molar-refractivity contribution in [1.82, 2.24) is 10.2 Å². The summed E-state index contributed by atoms with van der Waals surface area (Å²) in [6.45, 7) is 1.36. The molecule has 2 aromatic carbocycles. The largest absolute Gasteiger partial charge is 0.445 e. The highest BCUT2D eigenvalue weighted by molar-refractivity contribution is 5.70. The second kappa shape index (κ2) is 11.9. The molecule has 3 unspecified atom stereocenters. The first-order valence-corrected chi connectivity index (χ1v) is 11.2. The Labute approximate surface area is 205 Å². The second-order valence-electron chi connectivity index (χ2n) is 8.21. The summed E-state index contributed by atoms with van der Waals surface area (Å²) in [4.78, 5) is 47.3. The number of carbonyl (C=O) groups is 2. The third kappa shape index (κ3) is 6.66. The first-order valence-electron chi connectivity index (χ1n) is 11.2. The average molecular weight is 502 g/mol. The van der Waals surface area contributed by atoms with Gasteiger partial charge in [0.05, 0.1) is 40.1 Å². The molecule has 1 aliphatic rings. The maximum absolute atomic E-state index is 12.7. The highest BCUT2D eigenvalue weighted by Gasteiger charge is 2.40. The van der Waals surface area contributed by atoms with Crippen molar-refractivity contribution in [2.75, 3.05) is 6.54 Å². The number of aliphatic hydroxyl groups is 1. The predicted molar refractivity (Wildman–Crippen MR) is 125 cm³/mol.